The van der Waals surface area contributed by atoms with Gasteiger partial charge in [0.15, 0.2) is 0 Å². The van der Waals surface area contributed by atoms with Crippen molar-refractivity contribution in [2.24, 2.45) is 0 Å². The highest BCUT2D eigenvalue weighted by molar-refractivity contribution is 9.10. The molecule has 3 amide bonds. The molecule has 6 rings (SSSR count). The van der Waals surface area contributed by atoms with Crippen molar-refractivity contribution in [2.75, 3.05) is 31.5 Å². The minimum atomic E-state index is -0.725. The average Bonchev–Trinajstić information content (AvgIpc) is 3.44. The first-order valence-electron chi connectivity index (χ1n) is 14.6. The fraction of sp³-hybridized carbons (Fsp3) is 0.200. The van der Waals surface area contributed by atoms with Crippen LogP contribution < -0.4 is 10.6 Å². The Hall–Kier alpha value is -4.40. The summed E-state index contributed by atoms with van der Waals surface area (Å²) < 4.78 is 0.860. The zero-order chi connectivity index (χ0) is 29.6. The summed E-state index contributed by atoms with van der Waals surface area (Å²) >= 11 is 3.45. The van der Waals surface area contributed by atoms with E-state index in [2.05, 4.69) is 85.0 Å². The first kappa shape index (κ1) is 28.7. The zero-order valence-corrected chi connectivity index (χ0v) is 25.3. The Kier molecular flexibility index (Phi) is 8.86. The number of nitrogens with one attached hydrogen (secondary N) is 3. The summed E-state index contributed by atoms with van der Waals surface area (Å²) in [6.07, 6.45) is 2.31. The van der Waals surface area contributed by atoms with Crippen LogP contribution in [0, 0.1) is 0 Å². The van der Waals surface area contributed by atoms with Crippen LogP contribution in [0.5, 0.6) is 0 Å². The molecule has 0 aliphatic carbocycles. The Labute approximate surface area is 260 Å². The van der Waals surface area contributed by atoms with E-state index in [-0.39, 0.29) is 11.9 Å². The summed E-state index contributed by atoms with van der Waals surface area (Å²) in [4.78, 5) is 34.8. The van der Waals surface area contributed by atoms with E-state index in [0.717, 1.165) is 34.0 Å². The lowest BCUT2D eigenvalue weighted by Crippen LogP contribution is -2.56. The van der Waals surface area contributed by atoms with Gasteiger partial charge in [0.1, 0.15) is 6.04 Å². The fourth-order valence-corrected chi connectivity index (χ4v) is 6.32. The van der Waals surface area contributed by atoms with Gasteiger partial charge in [-0.3, -0.25) is 9.69 Å². The van der Waals surface area contributed by atoms with Gasteiger partial charge in [0.2, 0.25) is 5.91 Å². The number of hydrogen-bond acceptors (Lipinski definition) is 3. The summed E-state index contributed by atoms with van der Waals surface area (Å²) in [5.41, 5.74) is 5.10. The van der Waals surface area contributed by atoms with Gasteiger partial charge in [-0.1, -0.05) is 101 Å². The van der Waals surface area contributed by atoms with Crippen LogP contribution in [0.2, 0.25) is 0 Å². The topological polar surface area (TPSA) is 80.5 Å². The molecule has 218 valence electrons. The Morgan fingerprint density at radius 1 is 0.791 bits per heavy atom. The molecule has 1 fully saturated rings. The monoisotopic (exact) mass is 635 g/mol. The molecule has 8 heteroatoms. The Balaban J connectivity index is 1.19. The number of benzene rings is 4. The number of urea groups is 1. The lowest BCUT2D eigenvalue weighted by Gasteiger charge is -2.40. The number of H-pyrrole nitrogens is 1. The second kappa shape index (κ2) is 13.3. The Morgan fingerprint density at radius 3 is 2.12 bits per heavy atom. The molecular formula is C35H34BrN5O2. The molecule has 1 aromatic heterocycles. The van der Waals surface area contributed by atoms with Gasteiger partial charge in [-0.25, -0.2) is 4.79 Å². The Morgan fingerprint density at radius 2 is 1.44 bits per heavy atom. The molecule has 5 aromatic rings. The fourth-order valence-electron chi connectivity index (χ4n) is 5.92. The quantitative estimate of drug-likeness (QED) is 0.180. The molecule has 0 saturated carbocycles. The minimum Gasteiger partial charge on any atom is -0.361 e. The molecule has 1 unspecified atom stereocenters. The van der Waals surface area contributed by atoms with Gasteiger partial charge in [0, 0.05) is 59.9 Å². The number of carbonyl (C=O) groups is 2. The number of amides is 3. The van der Waals surface area contributed by atoms with Gasteiger partial charge in [-0.05, 0) is 41.0 Å². The van der Waals surface area contributed by atoms with Gasteiger partial charge in [0.05, 0.1) is 6.04 Å². The molecule has 4 aromatic carbocycles. The molecular weight excluding hydrogens is 602 g/mol. The van der Waals surface area contributed by atoms with E-state index >= 15 is 0 Å². The number of hydrogen-bond donors (Lipinski definition) is 3. The molecule has 7 nitrogen and oxygen atoms in total. The predicted octanol–water partition coefficient (Wildman–Crippen LogP) is 6.60. The summed E-state index contributed by atoms with van der Waals surface area (Å²) in [7, 11) is 0. The highest BCUT2D eigenvalue weighted by Gasteiger charge is 2.32. The van der Waals surface area contributed by atoms with Crippen molar-refractivity contribution in [2.45, 2.75) is 18.5 Å². The number of aromatic amines is 1. The number of carbonyl (C=O) groups excluding carboxylic acids is 2. The number of rotatable bonds is 8. The summed E-state index contributed by atoms with van der Waals surface area (Å²) in [6, 6.07) is 35.4. The van der Waals surface area contributed by atoms with E-state index in [1.165, 1.54) is 11.1 Å². The lowest BCUT2D eigenvalue weighted by molar-refractivity contribution is -0.135. The third-order valence-electron chi connectivity index (χ3n) is 8.01. The molecule has 0 spiro atoms. The van der Waals surface area contributed by atoms with Crippen molar-refractivity contribution in [3.8, 4) is 0 Å². The number of nitrogens with zero attached hydrogens (tertiary/aromatic N) is 2. The molecule has 0 radical (unpaired) electrons. The molecule has 0 bridgehead atoms. The van der Waals surface area contributed by atoms with Gasteiger partial charge in [-0.2, -0.15) is 0 Å². The summed E-state index contributed by atoms with van der Waals surface area (Å²) in [5.74, 6) is -0.0784. The highest BCUT2D eigenvalue weighted by Crippen LogP contribution is 2.30. The molecule has 1 aliphatic rings. The molecule has 43 heavy (non-hydrogen) atoms. The number of piperazine rings is 1. The minimum absolute atomic E-state index is 0.0784. The van der Waals surface area contributed by atoms with Crippen molar-refractivity contribution >= 4 is 44.5 Å². The van der Waals surface area contributed by atoms with Crippen molar-refractivity contribution in [1.82, 2.24) is 20.1 Å². The molecule has 1 aliphatic heterocycles. The van der Waals surface area contributed by atoms with Crippen molar-refractivity contribution < 1.29 is 9.59 Å². The first-order valence-corrected chi connectivity index (χ1v) is 15.4. The third-order valence-corrected chi connectivity index (χ3v) is 8.50. The van der Waals surface area contributed by atoms with E-state index in [9.17, 15) is 9.59 Å². The van der Waals surface area contributed by atoms with Crippen molar-refractivity contribution in [1.29, 1.82) is 0 Å². The van der Waals surface area contributed by atoms with Crippen LogP contribution in [0.1, 0.15) is 22.7 Å². The highest BCUT2D eigenvalue weighted by atomic mass is 79.9. The van der Waals surface area contributed by atoms with Gasteiger partial charge in [0.25, 0.3) is 0 Å². The molecule has 1 saturated heterocycles. The van der Waals surface area contributed by atoms with Crippen LogP contribution in [-0.2, 0) is 11.2 Å². The van der Waals surface area contributed by atoms with Crippen molar-refractivity contribution in [3.63, 3.8) is 0 Å². The number of fused-ring (bicyclic) bond motifs is 1. The largest absolute Gasteiger partial charge is 0.361 e. The van der Waals surface area contributed by atoms with E-state index in [0.29, 0.717) is 25.2 Å². The van der Waals surface area contributed by atoms with Crippen LogP contribution in [0.25, 0.3) is 10.9 Å². The van der Waals surface area contributed by atoms with Crippen LogP contribution in [0.15, 0.2) is 120 Å². The molecule has 3 N–H and O–H groups in total. The van der Waals surface area contributed by atoms with Gasteiger partial charge < -0.3 is 20.5 Å². The van der Waals surface area contributed by atoms with E-state index in [1.54, 1.807) is 0 Å². The van der Waals surface area contributed by atoms with Gasteiger partial charge >= 0.3 is 6.03 Å². The SMILES string of the molecule is O=C(Nc1cccc(Br)c1)NC(Cc1c[nH]c2ccccc12)C(=O)N1CCN(C(c2ccccc2)c2ccccc2)CC1. The second-order valence-corrected chi connectivity index (χ2v) is 11.7. The molecule has 1 atom stereocenters. The first-order chi connectivity index (χ1) is 21.0. The predicted molar refractivity (Wildman–Crippen MR) is 175 cm³/mol. The molecule has 2 heterocycles. The number of halogens is 1. The van der Waals surface area contributed by atoms with E-state index < -0.39 is 12.1 Å². The van der Waals surface area contributed by atoms with E-state index in [4.69, 9.17) is 0 Å². The summed E-state index contributed by atoms with van der Waals surface area (Å²) in [6.45, 7) is 2.61. The van der Waals surface area contributed by atoms with Crippen molar-refractivity contribution in [3.05, 3.63) is 137 Å². The van der Waals surface area contributed by atoms with Crippen LogP contribution >= 0.6 is 15.9 Å². The maximum atomic E-state index is 14.1. The number of anilines is 1. The summed E-state index contributed by atoms with van der Waals surface area (Å²) in [5, 5.41) is 6.91. The number of para-hydroxylation sites is 1. The normalized spacial score (nSPS) is 14.5. The standard InChI is InChI=1S/C35H34BrN5O2/c36-28-14-9-15-29(23-28)38-35(43)39-32(22-27-24-37-31-17-8-7-16-30(27)31)34(42)41-20-18-40(19-21-41)33(25-10-3-1-4-11-25)26-12-5-2-6-13-26/h1-17,23-24,32-33,37H,18-22H2,(H2,38,39,43). The Bertz CT molecular complexity index is 1640. The third kappa shape index (κ3) is 6.82. The maximum Gasteiger partial charge on any atom is 0.319 e. The second-order valence-electron chi connectivity index (χ2n) is 10.8. The average molecular weight is 637 g/mol. The van der Waals surface area contributed by atoms with Crippen LogP contribution in [0.4, 0.5) is 10.5 Å². The lowest BCUT2D eigenvalue weighted by atomic mass is 9.96. The van der Waals surface area contributed by atoms with E-state index in [1.807, 2.05) is 71.8 Å². The van der Waals surface area contributed by atoms with Crippen LogP contribution in [0.3, 0.4) is 0 Å². The smallest absolute Gasteiger partial charge is 0.319 e. The van der Waals surface area contributed by atoms with Gasteiger partial charge in [-0.15, -0.1) is 0 Å². The van der Waals surface area contributed by atoms with Crippen LogP contribution in [-0.4, -0.2) is 58.9 Å². The maximum absolute atomic E-state index is 14.1. The number of aromatic nitrogens is 1. The zero-order valence-electron chi connectivity index (χ0n) is 23.7.